The van der Waals surface area contributed by atoms with E-state index in [-0.39, 0.29) is 6.61 Å². The molecule has 1 heterocycles. The van der Waals surface area contributed by atoms with Crippen molar-refractivity contribution in [3.63, 3.8) is 0 Å². The Morgan fingerprint density at radius 1 is 1.35 bits per heavy atom. The van der Waals surface area contributed by atoms with Gasteiger partial charge in [-0.3, -0.25) is 0 Å². The highest BCUT2D eigenvalue weighted by atomic mass is 16.5. The molecule has 2 aromatic rings. The molecule has 0 radical (unpaired) electrons. The molecule has 4 nitrogen and oxygen atoms in total. The van der Waals surface area contributed by atoms with Crippen molar-refractivity contribution in [2.24, 2.45) is 0 Å². The van der Waals surface area contributed by atoms with Crippen molar-refractivity contribution in [3.05, 3.63) is 35.9 Å². The minimum Gasteiger partial charge on any atom is -0.481 e. The van der Waals surface area contributed by atoms with Gasteiger partial charge in [0.15, 0.2) is 0 Å². The van der Waals surface area contributed by atoms with Crippen molar-refractivity contribution in [1.29, 1.82) is 0 Å². The van der Waals surface area contributed by atoms with Gasteiger partial charge in [0, 0.05) is 30.1 Å². The molecular weight excluding hydrogens is 252 g/mol. The normalized spacial score (nSPS) is 12.6. The fraction of sp³-hybridized carbons (Fsp3) is 0.438. The quantitative estimate of drug-likeness (QED) is 0.814. The second-order valence-electron chi connectivity index (χ2n) is 4.85. The lowest BCUT2D eigenvalue weighted by Crippen LogP contribution is -2.29. The summed E-state index contributed by atoms with van der Waals surface area (Å²) in [6.45, 7) is 3.02. The lowest BCUT2D eigenvalue weighted by atomic mass is 10.1. The van der Waals surface area contributed by atoms with Gasteiger partial charge in [-0.05, 0) is 25.0 Å². The molecule has 20 heavy (non-hydrogen) atoms. The molecule has 0 amide bonds. The number of aliphatic hydroxyl groups is 1. The van der Waals surface area contributed by atoms with Crippen LogP contribution in [0.3, 0.4) is 0 Å². The number of hydrogen-bond acceptors (Lipinski definition) is 4. The average Bonchev–Trinajstić information content (AvgIpc) is 2.50. The number of aliphatic hydroxyl groups excluding tert-OH is 1. The highest BCUT2D eigenvalue weighted by Gasteiger charge is 2.10. The molecule has 108 valence electrons. The summed E-state index contributed by atoms with van der Waals surface area (Å²) in [7, 11) is 1.64. The van der Waals surface area contributed by atoms with Gasteiger partial charge in [0.05, 0.1) is 12.6 Å². The fourth-order valence-corrected chi connectivity index (χ4v) is 2.31. The number of fused-ring (bicyclic) bond motifs is 1. The molecule has 0 saturated carbocycles. The van der Waals surface area contributed by atoms with Crippen molar-refractivity contribution in [2.45, 2.75) is 32.4 Å². The van der Waals surface area contributed by atoms with Gasteiger partial charge in [-0.25, -0.2) is 4.98 Å². The van der Waals surface area contributed by atoms with Crippen LogP contribution in [0.15, 0.2) is 30.3 Å². The van der Waals surface area contributed by atoms with E-state index in [9.17, 15) is 0 Å². The van der Waals surface area contributed by atoms with E-state index >= 15 is 0 Å². The first-order chi connectivity index (χ1) is 9.78. The van der Waals surface area contributed by atoms with Gasteiger partial charge in [-0.15, -0.1) is 0 Å². The van der Waals surface area contributed by atoms with Crippen LogP contribution in [0.2, 0.25) is 0 Å². The largest absolute Gasteiger partial charge is 0.481 e. The van der Waals surface area contributed by atoms with Crippen LogP contribution in [-0.2, 0) is 6.54 Å². The first-order valence-electron chi connectivity index (χ1n) is 7.05. The standard InChI is InChI=1S/C16H22N2O2/c1-3-14(8-9-19)17-11-13-10-12-6-4-5-7-15(12)18-16(13)20-2/h4-7,10,14,17,19H,3,8-9,11H2,1-2H3. The lowest BCUT2D eigenvalue weighted by Gasteiger charge is -2.17. The van der Waals surface area contributed by atoms with Crippen LogP contribution in [0.5, 0.6) is 5.88 Å². The molecule has 1 atom stereocenters. The van der Waals surface area contributed by atoms with Crippen molar-refractivity contribution >= 4 is 10.9 Å². The maximum absolute atomic E-state index is 9.03. The highest BCUT2D eigenvalue weighted by molar-refractivity contribution is 5.80. The number of nitrogens with zero attached hydrogens (tertiary/aromatic N) is 1. The van der Waals surface area contributed by atoms with E-state index in [4.69, 9.17) is 9.84 Å². The molecule has 0 aliphatic rings. The molecule has 0 bridgehead atoms. The Morgan fingerprint density at radius 3 is 2.85 bits per heavy atom. The van der Waals surface area contributed by atoms with E-state index in [0.717, 1.165) is 29.3 Å². The molecule has 4 heteroatoms. The third-order valence-electron chi connectivity index (χ3n) is 3.51. The molecule has 0 spiro atoms. The third kappa shape index (κ3) is 3.46. The van der Waals surface area contributed by atoms with Gasteiger partial charge in [0.2, 0.25) is 5.88 Å². The molecule has 0 saturated heterocycles. The number of nitrogens with one attached hydrogen (secondary N) is 1. The smallest absolute Gasteiger partial charge is 0.218 e. The Morgan fingerprint density at radius 2 is 2.15 bits per heavy atom. The zero-order valence-electron chi connectivity index (χ0n) is 12.1. The number of ether oxygens (including phenoxy) is 1. The number of methoxy groups -OCH3 is 1. The van der Waals surface area contributed by atoms with E-state index in [1.807, 2.05) is 18.2 Å². The first-order valence-corrected chi connectivity index (χ1v) is 7.05. The Balaban J connectivity index is 2.19. The second kappa shape index (κ2) is 7.22. The monoisotopic (exact) mass is 274 g/mol. The second-order valence-corrected chi connectivity index (χ2v) is 4.85. The summed E-state index contributed by atoms with van der Waals surface area (Å²) in [4.78, 5) is 4.53. The third-order valence-corrected chi connectivity index (χ3v) is 3.51. The molecule has 1 aromatic heterocycles. The SMILES string of the molecule is CCC(CCO)NCc1cc2ccccc2nc1OC. The summed E-state index contributed by atoms with van der Waals surface area (Å²) in [6, 6.07) is 10.4. The van der Waals surface area contributed by atoms with Gasteiger partial charge in [0.1, 0.15) is 0 Å². The Kier molecular flexibility index (Phi) is 5.32. The number of para-hydroxylation sites is 1. The number of pyridine rings is 1. The number of hydrogen-bond donors (Lipinski definition) is 2. The van der Waals surface area contributed by atoms with E-state index in [2.05, 4.69) is 29.4 Å². The van der Waals surface area contributed by atoms with Gasteiger partial charge in [0.25, 0.3) is 0 Å². The minimum atomic E-state index is 0.207. The first kappa shape index (κ1) is 14.8. The van der Waals surface area contributed by atoms with Gasteiger partial charge >= 0.3 is 0 Å². The summed E-state index contributed by atoms with van der Waals surface area (Å²) < 4.78 is 5.38. The van der Waals surface area contributed by atoms with Gasteiger partial charge < -0.3 is 15.2 Å². The zero-order valence-corrected chi connectivity index (χ0v) is 12.1. The van der Waals surface area contributed by atoms with Crippen molar-refractivity contribution in [2.75, 3.05) is 13.7 Å². The Bertz CT molecular complexity index is 557. The maximum atomic E-state index is 9.03. The lowest BCUT2D eigenvalue weighted by molar-refractivity contribution is 0.261. The Hall–Kier alpha value is -1.65. The van der Waals surface area contributed by atoms with Crippen molar-refractivity contribution in [3.8, 4) is 5.88 Å². The van der Waals surface area contributed by atoms with Crippen LogP contribution in [0.1, 0.15) is 25.3 Å². The molecule has 1 aromatic carbocycles. The predicted molar refractivity (Wildman–Crippen MR) is 80.9 cm³/mol. The summed E-state index contributed by atoms with van der Waals surface area (Å²) in [5.74, 6) is 0.662. The van der Waals surface area contributed by atoms with E-state index in [1.165, 1.54) is 0 Å². The van der Waals surface area contributed by atoms with Gasteiger partial charge in [-0.1, -0.05) is 25.1 Å². The highest BCUT2D eigenvalue weighted by Crippen LogP contribution is 2.22. The van der Waals surface area contributed by atoms with E-state index in [0.29, 0.717) is 18.5 Å². The molecule has 2 rings (SSSR count). The zero-order chi connectivity index (χ0) is 14.4. The summed E-state index contributed by atoms with van der Waals surface area (Å²) >= 11 is 0. The molecular formula is C16H22N2O2. The van der Waals surface area contributed by atoms with Crippen molar-refractivity contribution < 1.29 is 9.84 Å². The Labute approximate surface area is 119 Å². The van der Waals surface area contributed by atoms with Crippen LogP contribution in [0.4, 0.5) is 0 Å². The van der Waals surface area contributed by atoms with Crippen LogP contribution in [0, 0.1) is 0 Å². The number of aromatic nitrogens is 1. The molecule has 0 aliphatic carbocycles. The summed E-state index contributed by atoms with van der Waals surface area (Å²) in [5.41, 5.74) is 1.98. The molecule has 0 aliphatic heterocycles. The molecule has 2 N–H and O–H groups in total. The number of rotatable bonds is 7. The van der Waals surface area contributed by atoms with E-state index in [1.54, 1.807) is 7.11 Å². The fourth-order valence-electron chi connectivity index (χ4n) is 2.31. The van der Waals surface area contributed by atoms with Crippen LogP contribution < -0.4 is 10.1 Å². The minimum absolute atomic E-state index is 0.207. The van der Waals surface area contributed by atoms with Crippen molar-refractivity contribution in [1.82, 2.24) is 10.3 Å². The maximum Gasteiger partial charge on any atom is 0.218 e. The topological polar surface area (TPSA) is 54.4 Å². The van der Waals surface area contributed by atoms with Crippen LogP contribution in [0.25, 0.3) is 10.9 Å². The van der Waals surface area contributed by atoms with Crippen LogP contribution in [-0.4, -0.2) is 29.8 Å². The number of benzene rings is 1. The predicted octanol–water partition coefficient (Wildman–Crippen LogP) is 2.49. The summed E-state index contributed by atoms with van der Waals surface area (Å²) in [5, 5.41) is 13.6. The van der Waals surface area contributed by atoms with E-state index < -0.39 is 0 Å². The summed E-state index contributed by atoms with van der Waals surface area (Å²) in [6.07, 6.45) is 1.75. The average molecular weight is 274 g/mol. The van der Waals surface area contributed by atoms with Crippen LogP contribution >= 0.6 is 0 Å². The van der Waals surface area contributed by atoms with Gasteiger partial charge in [-0.2, -0.15) is 0 Å². The molecule has 1 unspecified atom stereocenters. The molecule has 0 fully saturated rings.